The Morgan fingerprint density at radius 2 is 1.62 bits per heavy atom. The third-order valence-corrected chi connectivity index (χ3v) is 2.34. The van der Waals surface area contributed by atoms with E-state index in [4.69, 9.17) is 10.2 Å². The van der Waals surface area contributed by atoms with Gasteiger partial charge < -0.3 is 18.6 Å². The van der Waals surface area contributed by atoms with E-state index in [2.05, 4.69) is 0 Å². The van der Waals surface area contributed by atoms with Crippen LogP contribution < -0.4 is 29.6 Å². The fourth-order valence-corrected chi connectivity index (χ4v) is 1.53. The molecule has 0 unspecified atom stereocenters. The van der Waals surface area contributed by atoms with Gasteiger partial charge in [0.1, 0.15) is 0 Å². The molecule has 2 N–H and O–H groups in total. The van der Waals surface area contributed by atoms with Crippen molar-refractivity contribution < 1.29 is 57.8 Å². The molecule has 6 nitrogen and oxygen atoms in total. The van der Waals surface area contributed by atoms with Crippen LogP contribution in [0.15, 0.2) is 23.1 Å². The topological polar surface area (TPSA) is 109 Å². The first kappa shape index (κ1) is 15.1. The van der Waals surface area contributed by atoms with Crippen LogP contribution in [0.1, 0.15) is 20.7 Å². The van der Waals surface area contributed by atoms with Crippen molar-refractivity contribution in [2.75, 3.05) is 0 Å². The summed E-state index contributed by atoms with van der Waals surface area (Å²) in [6.45, 7) is 0. The van der Waals surface area contributed by atoms with Gasteiger partial charge in [-0.15, -0.1) is 0 Å². The van der Waals surface area contributed by atoms with Gasteiger partial charge in [0.05, 0.1) is 5.56 Å². The Balaban J connectivity index is 0.00000225. The summed E-state index contributed by atoms with van der Waals surface area (Å²) >= 11 is 0. The number of aromatic carboxylic acids is 2. The summed E-state index contributed by atoms with van der Waals surface area (Å²) in [5, 5.41) is 17.2. The zero-order valence-electron chi connectivity index (χ0n) is 8.17. The summed E-state index contributed by atoms with van der Waals surface area (Å²) in [6, 6.07) is 2.77. The van der Waals surface area contributed by atoms with E-state index in [0.717, 1.165) is 18.2 Å². The Hall–Kier alpha value is -0.890. The van der Waals surface area contributed by atoms with E-state index in [1.807, 2.05) is 0 Å². The minimum absolute atomic E-state index is 0. The number of carbonyl (C=O) groups is 2. The van der Waals surface area contributed by atoms with E-state index in [-0.39, 0.29) is 35.1 Å². The molecule has 1 aromatic rings. The number of benzene rings is 1. The molecule has 1 aromatic carbocycles. The summed E-state index contributed by atoms with van der Waals surface area (Å²) in [7, 11) is -2.78. The predicted molar refractivity (Wildman–Crippen MR) is 47.4 cm³/mol. The monoisotopic (exact) mass is 252 g/mol. The quantitative estimate of drug-likeness (QED) is 0.465. The predicted octanol–water partition coefficient (Wildman–Crippen LogP) is -2.24. The van der Waals surface area contributed by atoms with Crippen LogP contribution in [0.5, 0.6) is 0 Å². The normalized spacial score (nSPS) is 9.56. The van der Waals surface area contributed by atoms with Crippen molar-refractivity contribution >= 4 is 22.6 Å². The minimum atomic E-state index is -2.78. The Labute approximate surface area is 114 Å². The molecule has 0 saturated carbocycles. The van der Waals surface area contributed by atoms with Gasteiger partial charge in [0.15, 0.2) is 0 Å². The molecule has 0 aliphatic rings. The zero-order chi connectivity index (χ0) is 11.6. The van der Waals surface area contributed by atoms with Gasteiger partial charge in [0, 0.05) is 5.56 Å². The van der Waals surface area contributed by atoms with Gasteiger partial charge in [-0.3, -0.25) is 0 Å². The van der Waals surface area contributed by atoms with E-state index < -0.39 is 33.1 Å². The van der Waals surface area contributed by atoms with Gasteiger partial charge in [0.2, 0.25) is 0 Å². The molecule has 0 aliphatic heterocycles. The molecule has 16 heavy (non-hydrogen) atoms. The maximum atomic E-state index is 10.6. The van der Waals surface area contributed by atoms with Crippen molar-refractivity contribution in [1.29, 1.82) is 0 Å². The number of hydrogen-bond acceptors (Lipinski definition) is 5. The first-order chi connectivity index (χ1) is 6.93. The second-order valence-corrected chi connectivity index (χ2v) is 3.47. The molecule has 1 rings (SSSR count). The summed E-state index contributed by atoms with van der Waals surface area (Å²) < 4.78 is 21.3. The molecule has 0 bridgehead atoms. The van der Waals surface area contributed by atoms with E-state index in [9.17, 15) is 18.0 Å². The first-order valence-electron chi connectivity index (χ1n) is 3.63. The number of carboxylic acids is 2. The molecule has 0 fully saturated rings. The van der Waals surface area contributed by atoms with Gasteiger partial charge in [-0.1, -0.05) is 11.0 Å². The molecule has 0 amide bonds. The van der Waals surface area contributed by atoms with Gasteiger partial charge in [0.25, 0.3) is 0 Å². The molecular weight excluding hydrogens is 247 g/mol. The third kappa shape index (κ3) is 3.31. The smallest absolute Gasteiger partial charge is 0.478 e. The van der Waals surface area contributed by atoms with E-state index in [0.29, 0.717) is 0 Å². The molecule has 0 atom stereocenters. The Morgan fingerprint density at radius 3 is 2.00 bits per heavy atom. The van der Waals surface area contributed by atoms with Crippen LogP contribution in [0.4, 0.5) is 0 Å². The number of rotatable bonds is 3. The maximum absolute atomic E-state index is 10.6. The van der Waals surface area contributed by atoms with Crippen LogP contribution in [0, 0.1) is 0 Å². The van der Waals surface area contributed by atoms with Crippen LogP contribution in [-0.4, -0.2) is 22.2 Å². The fraction of sp³-hybridized carbons (Fsp3) is 0. The van der Waals surface area contributed by atoms with E-state index in [1.54, 1.807) is 0 Å². The van der Waals surface area contributed by atoms with Crippen LogP contribution in [-0.2, 0) is 19.1 Å². The maximum Gasteiger partial charge on any atom is 1.00 e. The van der Waals surface area contributed by atoms with Crippen molar-refractivity contribution in [1.82, 2.24) is 0 Å². The summed E-state index contributed by atoms with van der Waals surface area (Å²) in [4.78, 5) is 20.6. The number of carboxylic acid groups (broad SMARTS) is 2. The Bertz CT molecular complexity index is 499. The second-order valence-electron chi connectivity index (χ2n) is 2.56. The summed E-state index contributed by atoms with van der Waals surface area (Å²) in [5.74, 6) is -2.75. The van der Waals surface area contributed by atoms with Crippen molar-refractivity contribution in [2.45, 2.75) is 4.90 Å². The molecule has 0 aromatic heterocycles. The zero-order valence-corrected chi connectivity index (χ0v) is 11.0. The van der Waals surface area contributed by atoms with E-state index in [1.165, 1.54) is 0 Å². The van der Waals surface area contributed by atoms with Crippen LogP contribution >= 0.6 is 0 Å². The fourth-order valence-electron chi connectivity index (χ4n) is 0.970. The first-order valence-corrected chi connectivity index (χ1v) is 4.71. The third-order valence-electron chi connectivity index (χ3n) is 1.64. The standard InChI is InChI=1S/C8H5O6S.Na/c9-7(10)4-1-2-5(8(11)12)6(3-4)15(13)14;/h1-3H,(H,9,10)(H,11,12);/q-1;+1. The molecule has 0 heterocycles. The molecule has 0 saturated heterocycles. The molecular formula is C8H5NaO6S. The van der Waals surface area contributed by atoms with Crippen molar-refractivity contribution in [3.63, 3.8) is 0 Å². The van der Waals surface area contributed by atoms with Crippen LogP contribution in [0.25, 0.3) is 0 Å². The van der Waals surface area contributed by atoms with Gasteiger partial charge in [-0.2, -0.15) is 0 Å². The molecule has 0 spiro atoms. The molecule has 80 valence electrons. The van der Waals surface area contributed by atoms with Crippen LogP contribution in [0.2, 0.25) is 0 Å². The second kappa shape index (κ2) is 6.00. The largest absolute Gasteiger partial charge is 1.00 e. The minimum Gasteiger partial charge on any atom is -0.478 e. The van der Waals surface area contributed by atoms with Gasteiger partial charge in [-0.25, -0.2) is 9.59 Å². The average molecular weight is 252 g/mol. The Kier molecular flexibility index (Phi) is 5.66. The van der Waals surface area contributed by atoms with Gasteiger partial charge in [-0.05, 0) is 22.8 Å². The Morgan fingerprint density at radius 1 is 1.06 bits per heavy atom. The van der Waals surface area contributed by atoms with Gasteiger partial charge >= 0.3 is 41.5 Å². The molecule has 0 radical (unpaired) electrons. The molecule has 0 aliphatic carbocycles. The van der Waals surface area contributed by atoms with E-state index >= 15 is 0 Å². The SMILES string of the molecule is O=C(O)c1ccc(C(=O)O)c([S-](=O)=O)c1.[Na+]. The molecule has 8 heteroatoms. The summed E-state index contributed by atoms with van der Waals surface area (Å²) in [5.41, 5.74) is -0.729. The number of hydrogen-bond donors (Lipinski definition) is 2. The van der Waals surface area contributed by atoms with Crippen molar-refractivity contribution in [2.24, 2.45) is 0 Å². The average Bonchev–Trinajstić information content (AvgIpc) is 2.16. The van der Waals surface area contributed by atoms with Crippen molar-refractivity contribution in [3.05, 3.63) is 29.3 Å². The van der Waals surface area contributed by atoms with Crippen molar-refractivity contribution in [3.8, 4) is 0 Å². The van der Waals surface area contributed by atoms with Crippen LogP contribution in [0.3, 0.4) is 0 Å². The summed E-state index contributed by atoms with van der Waals surface area (Å²) in [6.07, 6.45) is 0.